The van der Waals surface area contributed by atoms with Crippen LogP contribution >= 0.6 is 0 Å². The first-order chi connectivity index (χ1) is 23.8. The highest BCUT2D eigenvalue weighted by molar-refractivity contribution is 5.95. The molecule has 9 rings (SSSR count). The second-order valence-electron chi connectivity index (χ2n) is 12.4. The number of halogens is 3. The van der Waals surface area contributed by atoms with Crippen LogP contribution in [0.4, 0.5) is 13.2 Å². The lowest BCUT2D eigenvalue weighted by atomic mass is 9.66. The molecule has 0 N–H and O–H groups in total. The minimum absolute atomic E-state index is 0.287. The van der Waals surface area contributed by atoms with Gasteiger partial charge in [0.15, 0.2) is 17.5 Å². The number of fused-ring (bicyclic) bond motifs is 9. The summed E-state index contributed by atoms with van der Waals surface area (Å²) in [5, 5.41) is 0. The van der Waals surface area contributed by atoms with Crippen LogP contribution in [0.5, 0.6) is 11.5 Å². The van der Waals surface area contributed by atoms with Gasteiger partial charge >= 0.3 is 6.18 Å². The summed E-state index contributed by atoms with van der Waals surface area (Å²) >= 11 is 0. The van der Waals surface area contributed by atoms with Crippen molar-refractivity contribution in [3.05, 3.63) is 173 Å². The lowest BCUT2D eigenvalue weighted by molar-refractivity contribution is -0.137. The number of hydrogen-bond donors (Lipinski definition) is 0. The number of nitrogens with zero attached hydrogens (tertiary/aromatic N) is 3. The van der Waals surface area contributed by atoms with Crippen molar-refractivity contribution < 1.29 is 17.9 Å². The van der Waals surface area contributed by atoms with Crippen LogP contribution in [0.15, 0.2) is 140 Å². The molecule has 1 aromatic heterocycles. The minimum Gasteiger partial charge on any atom is -0.457 e. The number of benzene rings is 6. The van der Waals surface area contributed by atoms with Crippen LogP contribution in [0.3, 0.4) is 0 Å². The summed E-state index contributed by atoms with van der Waals surface area (Å²) in [5.74, 6) is 2.73. The van der Waals surface area contributed by atoms with E-state index in [2.05, 4.69) is 36.4 Å². The van der Waals surface area contributed by atoms with E-state index in [1.807, 2.05) is 85.8 Å². The lowest BCUT2D eigenvalue weighted by Crippen LogP contribution is -2.32. The third-order valence-corrected chi connectivity index (χ3v) is 9.53. The molecule has 7 heteroatoms. The molecule has 49 heavy (non-hydrogen) atoms. The number of ether oxygens (including phenoxy) is 1. The maximum Gasteiger partial charge on any atom is 0.416 e. The lowest BCUT2D eigenvalue weighted by Gasteiger charge is -2.39. The molecule has 2 heterocycles. The van der Waals surface area contributed by atoms with E-state index in [9.17, 15) is 13.2 Å². The van der Waals surface area contributed by atoms with Gasteiger partial charge in [-0.1, -0.05) is 121 Å². The maximum absolute atomic E-state index is 13.5. The average molecular weight is 646 g/mol. The molecule has 0 fully saturated rings. The molecule has 236 valence electrons. The Morgan fingerprint density at radius 1 is 0.490 bits per heavy atom. The van der Waals surface area contributed by atoms with E-state index in [-0.39, 0.29) is 5.82 Å². The minimum atomic E-state index is -4.45. The molecule has 0 bridgehead atoms. The number of para-hydroxylation sites is 2. The summed E-state index contributed by atoms with van der Waals surface area (Å²) in [6, 6.07) is 43.7. The van der Waals surface area contributed by atoms with Crippen molar-refractivity contribution in [1.82, 2.24) is 15.0 Å². The van der Waals surface area contributed by atoms with Crippen molar-refractivity contribution in [2.75, 3.05) is 0 Å². The van der Waals surface area contributed by atoms with Gasteiger partial charge in [0, 0.05) is 27.8 Å². The Morgan fingerprint density at radius 3 is 1.59 bits per heavy atom. The normalized spacial score (nSPS) is 13.6. The molecule has 0 saturated heterocycles. The summed E-state index contributed by atoms with van der Waals surface area (Å²) in [6.45, 7) is 2.00. The molecule has 6 aromatic carbocycles. The Kier molecular flexibility index (Phi) is 6.36. The predicted molar refractivity (Wildman–Crippen MR) is 183 cm³/mol. The number of alkyl halides is 3. The Bertz CT molecular complexity index is 2370. The zero-order valence-electron chi connectivity index (χ0n) is 26.2. The van der Waals surface area contributed by atoms with Crippen LogP contribution in [0, 0.1) is 6.92 Å². The quantitative estimate of drug-likeness (QED) is 0.192. The van der Waals surface area contributed by atoms with Gasteiger partial charge in [0.2, 0.25) is 0 Å². The summed E-state index contributed by atoms with van der Waals surface area (Å²) in [5.41, 5.74) is 8.03. The van der Waals surface area contributed by atoms with Gasteiger partial charge in [-0.3, -0.25) is 0 Å². The third kappa shape index (κ3) is 4.42. The smallest absolute Gasteiger partial charge is 0.416 e. The molecule has 1 spiro atoms. The SMILES string of the molecule is Cc1ccc(-c2nc(-c3ccc(C(F)(F)F)cc3)nc(-c3cccc4c3-c3ccccc3C43c4ccccc4Oc4ccccc43)n2)cc1. The highest BCUT2D eigenvalue weighted by atomic mass is 19.4. The maximum atomic E-state index is 13.5. The van der Waals surface area contributed by atoms with Crippen LogP contribution in [0.1, 0.15) is 33.4 Å². The highest BCUT2D eigenvalue weighted by Gasteiger charge is 2.51. The molecule has 1 aliphatic heterocycles. The Hall–Kier alpha value is -6.08. The molecule has 2 aliphatic rings. The molecular weight excluding hydrogens is 619 g/mol. The van der Waals surface area contributed by atoms with Crippen molar-refractivity contribution in [2.45, 2.75) is 18.5 Å². The summed E-state index contributed by atoms with van der Waals surface area (Å²) < 4.78 is 46.9. The molecule has 0 saturated carbocycles. The fraction of sp³-hybridized carbons (Fsp3) is 0.0714. The highest BCUT2D eigenvalue weighted by Crippen LogP contribution is 2.63. The van der Waals surface area contributed by atoms with Gasteiger partial charge in [-0.2, -0.15) is 13.2 Å². The van der Waals surface area contributed by atoms with E-state index >= 15 is 0 Å². The van der Waals surface area contributed by atoms with Crippen LogP contribution in [-0.4, -0.2) is 15.0 Å². The molecule has 0 amide bonds. The molecule has 0 radical (unpaired) electrons. The molecule has 0 unspecified atom stereocenters. The van der Waals surface area contributed by atoms with Crippen LogP contribution in [-0.2, 0) is 11.6 Å². The van der Waals surface area contributed by atoms with Crippen molar-refractivity contribution in [2.24, 2.45) is 0 Å². The zero-order valence-corrected chi connectivity index (χ0v) is 26.2. The molecule has 7 aromatic rings. The van der Waals surface area contributed by atoms with E-state index in [4.69, 9.17) is 19.7 Å². The Morgan fingerprint density at radius 2 is 0.980 bits per heavy atom. The van der Waals surface area contributed by atoms with E-state index < -0.39 is 17.2 Å². The fourth-order valence-corrected chi connectivity index (χ4v) is 7.35. The van der Waals surface area contributed by atoms with Gasteiger partial charge < -0.3 is 4.74 Å². The summed E-state index contributed by atoms with van der Waals surface area (Å²) in [7, 11) is 0. The van der Waals surface area contributed by atoms with Crippen LogP contribution in [0.25, 0.3) is 45.3 Å². The second-order valence-corrected chi connectivity index (χ2v) is 12.4. The van der Waals surface area contributed by atoms with Crippen LogP contribution < -0.4 is 4.74 Å². The second kappa shape index (κ2) is 10.7. The third-order valence-electron chi connectivity index (χ3n) is 9.53. The first-order valence-electron chi connectivity index (χ1n) is 15.9. The Balaban J connectivity index is 1.32. The monoisotopic (exact) mass is 645 g/mol. The van der Waals surface area contributed by atoms with Gasteiger partial charge in [-0.15, -0.1) is 0 Å². The topological polar surface area (TPSA) is 47.9 Å². The van der Waals surface area contributed by atoms with Crippen molar-refractivity contribution >= 4 is 0 Å². The van der Waals surface area contributed by atoms with Crippen molar-refractivity contribution in [3.8, 4) is 56.8 Å². The summed E-state index contributed by atoms with van der Waals surface area (Å²) in [4.78, 5) is 14.8. The van der Waals surface area contributed by atoms with Crippen LogP contribution in [0.2, 0.25) is 0 Å². The van der Waals surface area contributed by atoms with E-state index in [1.54, 1.807) is 0 Å². The molecule has 0 atom stereocenters. The molecule has 1 aliphatic carbocycles. The number of aromatic nitrogens is 3. The average Bonchev–Trinajstić information content (AvgIpc) is 3.42. The van der Waals surface area contributed by atoms with Crippen molar-refractivity contribution in [1.29, 1.82) is 0 Å². The van der Waals surface area contributed by atoms with E-state index in [0.717, 1.165) is 73.7 Å². The first-order valence-corrected chi connectivity index (χ1v) is 15.9. The summed E-state index contributed by atoms with van der Waals surface area (Å²) in [6.07, 6.45) is -4.45. The number of hydrogen-bond acceptors (Lipinski definition) is 4. The molecule has 4 nitrogen and oxygen atoms in total. The van der Waals surface area contributed by atoms with Crippen molar-refractivity contribution in [3.63, 3.8) is 0 Å². The van der Waals surface area contributed by atoms with Gasteiger partial charge in [-0.05, 0) is 53.4 Å². The standard InChI is InChI=1S/C42H26F3N3O/c1-25-17-19-26(20-18-25)38-46-39(27-21-23-28(24-22-27)42(43,44)45)48-40(47-38)30-10-8-14-34-37(30)29-9-2-3-11-31(29)41(34)32-12-4-6-15-35(32)49-36-16-7-5-13-33(36)41/h2-24H,1H3. The van der Waals surface area contributed by atoms with Gasteiger partial charge in [0.05, 0.1) is 11.0 Å². The zero-order chi connectivity index (χ0) is 33.3. The van der Waals surface area contributed by atoms with E-state index in [1.165, 1.54) is 12.1 Å². The van der Waals surface area contributed by atoms with Gasteiger partial charge in [-0.25, -0.2) is 15.0 Å². The molecular formula is C42H26F3N3O. The fourth-order valence-electron chi connectivity index (χ4n) is 7.35. The first kappa shape index (κ1) is 29.1. The number of aryl methyl sites for hydroxylation is 1. The Labute approximate surface area is 280 Å². The number of rotatable bonds is 3. The van der Waals surface area contributed by atoms with Gasteiger partial charge in [0.25, 0.3) is 0 Å². The largest absolute Gasteiger partial charge is 0.457 e. The van der Waals surface area contributed by atoms with E-state index in [0.29, 0.717) is 17.2 Å². The predicted octanol–water partition coefficient (Wildman–Crippen LogP) is 10.7. The van der Waals surface area contributed by atoms with Gasteiger partial charge in [0.1, 0.15) is 11.5 Å².